The molecule has 3 rings (SSSR count). The Labute approximate surface area is 120 Å². The highest BCUT2D eigenvalue weighted by Crippen LogP contribution is 2.28. The molecule has 1 aromatic heterocycles. The summed E-state index contributed by atoms with van der Waals surface area (Å²) < 4.78 is 1.81. The van der Waals surface area contributed by atoms with Gasteiger partial charge in [-0.25, -0.2) is 9.67 Å². The van der Waals surface area contributed by atoms with Gasteiger partial charge in [0.25, 0.3) is 5.69 Å². The van der Waals surface area contributed by atoms with Crippen molar-refractivity contribution in [3.05, 3.63) is 46.0 Å². The lowest BCUT2D eigenvalue weighted by molar-refractivity contribution is -0.384. The van der Waals surface area contributed by atoms with Gasteiger partial charge in [0.1, 0.15) is 17.8 Å². The van der Waals surface area contributed by atoms with E-state index in [1.165, 1.54) is 12.4 Å². The van der Waals surface area contributed by atoms with E-state index in [-0.39, 0.29) is 18.3 Å². The highest BCUT2D eigenvalue weighted by molar-refractivity contribution is 5.63. The van der Waals surface area contributed by atoms with E-state index in [0.717, 1.165) is 18.7 Å². The van der Waals surface area contributed by atoms with Crippen LogP contribution in [0.4, 0.5) is 11.4 Å². The van der Waals surface area contributed by atoms with Crippen molar-refractivity contribution in [1.29, 1.82) is 0 Å². The molecule has 0 saturated carbocycles. The lowest BCUT2D eigenvalue weighted by Crippen LogP contribution is -2.32. The normalized spacial score (nSPS) is 17.3. The first-order valence-corrected chi connectivity index (χ1v) is 6.69. The summed E-state index contributed by atoms with van der Waals surface area (Å²) in [6.07, 6.45) is 3.14. The van der Waals surface area contributed by atoms with E-state index in [2.05, 4.69) is 15.4 Å². The fraction of sp³-hybridized carbons (Fsp3) is 0.385. The lowest BCUT2D eigenvalue weighted by Gasteiger charge is -2.24. The fourth-order valence-electron chi connectivity index (χ4n) is 2.53. The number of nitrogens with zero attached hydrogens (tertiary/aromatic N) is 4. The maximum atomic E-state index is 11.1. The molecular weight excluding hydrogens is 274 g/mol. The maximum absolute atomic E-state index is 11.1. The second-order valence-corrected chi connectivity index (χ2v) is 5.01. The van der Waals surface area contributed by atoms with Crippen LogP contribution in [0.15, 0.2) is 24.5 Å². The molecular formula is C13H15N5O3. The molecule has 0 saturated heterocycles. The second-order valence-electron chi connectivity index (χ2n) is 5.01. The number of hydrogen-bond donors (Lipinski definition) is 2. The number of aromatic nitrogens is 3. The largest absolute Gasteiger partial charge is 0.392 e. The molecule has 1 aliphatic heterocycles. The van der Waals surface area contributed by atoms with Crippen LogP contribution in [0.2, 0.25) is 0 Å². The third-order valence-corrected chi connectivity index (χ3v) is 3.61. The highest BCUT2D eigenvalue weighted by Gasteiger charge is 2.22. The zero-order valence-electron chi connectivity index (χ0n) is 11.3. The van der Waals surface area contributed by atoms with Gasteiger partial charge in [0, 0.05) is 18.5 Å². The first-order chi connectivity index (χ1) is 10.2. The van der Waals surface area contributed by atoms with Crippen LogP contribution in [-0.2, 0) is 19.6 Å². The van der Waals surface area contributed by atoms with Crippen LogP contribution >= 0.6 is 0 Å². The van der Waals surface area contributed by atoms with Crippen molar-refractivity contribution in [2.75, 3.05) is 5.32 Å². The van der Waals surface area contributed by atoms with Gasteiger partial charge < -0.3 is 10.4 Å². The molecule has 0 amide bonds. The number of rotatable bonds is 4. The summed E-state index contributed by atoms with van der Waals surface area (Å²) in [6, 6.07) is 4.64. The number of benzene rings is 1. The molecule has 0 spiro atoms. The molecule has 1 aliphatic rings. The molecule has 8 nitrogen and oxygen atoms in total. The van der Waals surface area contributed by atoms with Crippen LogP contribution < -0.4 is 5.32 Å². The van der Waals surface area contributed by atoms with Crippen LogP contribution in [0.25, 0.3) is 0 Å². The Bertz CT molecular complexity index is 670. The van der Waals surface area contributed by atoms with Crippen LogP contribution in [0.1, 0.15) is 17.8 Å². The summed E-state index contributed by atoms with van der Waals surface area (Å²) in [5.41, 5.74) is 1.08. The Balaban J connectivity index is 1.83. The van der Waals surface area contributed by atoms with Gasteiger partial charge in [-0.3, -0.25) is 10.1 Å². The standard InChI is InChI=1S/C13H15N5O3/c19-7-9-1-3-12(18(20)21)11(5-9)16-10-2-4-13-14-8-15-17(13)6-10/h1,3,5,8,10,16,19H,2,4,6-7H2. The molecule has 2 aromatic rings. The summed E-state index contributed by atoms with van der Waals surface area (Å²) in [6.45, 7) is 0.473. The predicted octanol–water partition coefficient (Wildman–Crippen LogP) is 1.11. The van der Waals surface area contributed by atoms with Crippen molar-refractivity contribution in [3.8, 4) is 0 Å². The van der Waals surface area contributed by atoms with Gasteiger partial charge in [-0.1, -0.05) is 0 Å². The molecule has 21 heavy (non-hydrogen) atoms. The SMILES string of the molecule is O=[N+]([O-])c1ccc(CO)cc1NC1CCc2ncnn2C1. The molecule has 0 fully saturated rings. The number of nitro benzene ring substituents is 1. The van der Waals surface area contributed by atoms with Crippen molar-refractivity contribution in [1.82, 2.24) is 14.8 Å². The summed E-state index contributed by atoms with van der Waals surface area (Å²) in [7, 11) is 0. The highest BCUT2D eigenvalue weighted by atomic mass is 16.6. The number of aliphatic hydroxyl groups excluding tert-OH is 1. The Hall–Kier alpha value is -2.48. The number of nitrogens with one attached hydrogen (secondary N) is 1. The van der Waals surface area contributed by atoms with Crippen molar-refractivity contribution < 1.29 is 10.0 Å². The Morgan fingerprint density at radius 3 is 3.14 bits per heavy atom. The molecule has 2 N–H and O–H groups in total. The zero-order valence-corrected chi connectivity index (χ0v) is 11.3. The molecule has 0 aliphatic carbocycles. The minimum atomic E-state index is -0.423. The topological polar surface area (TPSA) is 106 Å². The van der Waals surface area contributed by atoms with Gasteiger partial charge in [-0.15, -0.1) is 0 Å². The predicted molar refractivity (Wildman–Crippen MR) is 74.8 cm³/mol. The van der Waals surface area contributed by atoms with E-state index in [1.807, 2.05) is 4.68 Å². The molecule has 1 unspecified atom stereocenters. The van der Waals surface area contributed by atoms with E-state index < -0.39 is 4.92 Å². The summed E-state index contributed by atoms with van der Waals surface area (Å²) in [5, 5.41) is 27.6. The fourth-order valence-corrected chi connectivity index (χ4v) is 2.53. The van der Waals surface area contributed by atoms with Crippen molar-refractivity contribution in [3.63, 3.8) is 0 Å². The molecule has 1 atom stereocenters. The van der Waals surface area contributed by atoms with Crippen LogP contribution in [0, 0.1) is 10.1 Å². The van der Waals surface area contributed by atoms with Gasteiger partial charge >= 0.3 is 0 Å². The Kier molecular flexibility index (Phi) is 3.53. The Morgan fingerprint density at radius 1 is 1.52 bits per heavy atom. The minimum absolute atomic E-state index is 0.0107. The molecule has 110 valence electrons. The lowest BCUT2D eigenvalue weighted by atomic mass is 10.1. The van der Waals surface area contributed by atoms with Gasteiger partial charge in [0.2, 0.25) is 0 Å². The number of hydrogen-bond acceptors (Lipinski definition) is 6. The van der Waals surface area contributed by atoms with E-state index >= 15 is 0 Å². The minimum Gasteiger partial charge on any atom is -0.392 e. The van der Waals surface area contributed by atoms with Gasteiger partial charge in [-0.05, 0) is 24.1 Å². The average Bonchev–Trinajstić information content (AvgIpc) is 2.94. The average molecular weight is 289 g/mol. The molecule has 1 aromatic carbocycles. The third-order valence-electron chi connectivity index (χ3n) is 3.61. The maximum Gasteiger partial charge on any atom is 0.292 e. The summed E-state index contributed by atoms with van der Waals surface area (Å²) in [5.74, 6) is 0.937. The van der Waals surface area contributed by atoms with Gasteiger partial charge in [0.05, 0.1) is 18.1 Å². The monoisotopic (exact) mass is 289 g/mol. The van der Waals surface area contributed by atoms with Crippen molar-refractivity contribution in [2.45, 2.75) is 32.0 Å². The molecule has 0 bridgehead atoms. The molecule has 8 heteroatoms. The van der Waals surface area contributed by atoms with Crippen LogP contribution in [-0.4, -0.2) is 30.8 Å². The van der Waals surface area contributed by atoms with E-state index in [0.29, 0.717) is 17.8 Å². The number of nitro groups is 1. The van der Waals surface area contributed by atoms with Crippen molar-refractivity contribution >= 4 is 11.4 Å². The smallest absolute Gasteiger partial charge is 0.292 e. The second kappa shape index (κ2) is 5.49. The van der Waals surface area contributed by atoms with Crippen LogP contribution in [0.5, 0.6) is 0 Å². The van der Waals surface area contributed by atoms with Crippen LogP contribution in [0.3, 0.4) is 0 Å². The van der Waals surface area contributed by atoms with Gasteiger partial charge in [-0.2, -0.15) is 5.10 Å². The number of aryl methyl sites for hydroxylation is 1. The zero-order chi connectivity index (χ0) is 14.8. The Morgan fingerprint density at radius 2 is 2.38 bits per heavy atom. The number of aliphatic hydroxyl groups is 1. The molecule has 2 heterocycles. The first kappa shape index (κ1) is 13.5. The van der Waals surface area contributed by atoms with E-state index in [4.69, 9.17) is 0 Å². The third kappa shape index (κ3) is 2.70. The van der Waals surface area contributed by atoms with E-state index in [9.17, 15) is 15.2 Å². The number of anilines is 1. The van der Waals surface area contributed by atoms with E-state index in [1.54, 1.807) is 12.1 Å². The number of fused-ring (bicyclic) bond motifs is 1. The van der Waals surface area contributed by atoms with Gasteiger partial charge in [0.15, 0.2) is 0 Å². The molecule has 0 radical (unpaired) electrons. The summed E-state index contributed by atoms with van der Waals surface area (Å²) in [4.78, 5) is 14.8. The van der Waals surface area contributed by atoms with Crippen molar-refractivity contribution in [2.24, 2.45) is 0 Å². The quantitative estimate of drug-likeness (QED) is 0.645. The summed E-state index contributed by atoms with van der Waals surface area (Å²) >= 11 is 0. The first-order valence-electron chi connectivity index (χ1n) is 6.69.